The van der Waals surface area contributed by atoms with Gasteiger partial charge in [0.15, 0.2) is 5.60 Å². The number of hydrogen-bond donors (Lipinski definition) is 2. The first kappa shape index (κ1) is 14.7. The van der Waals surface area contributed by atoms with E-state index in [1.807, 2.05) is 12.1 Å². The van der Waals surface area contributed by atoms with Crippen molar-refractivity contribution in [3.8, 4) is 0 Å². The second-order valence-corrected chi connectivity index (χ2v) is 5.90. The summed E-state index contributed by atoms with van der Waals surface area (Å²) in [7, 11) is 0. The normalized spacial score (nSPS) is 22.7. The van der Waals surface area contributed by atoms with Gasteiger partial charge in [-0.2, -0.15) is 13.2 Å². The zero-order valence-corrected chi connectivity index (χ0v) is 11.0. The van der Waals surface area contributed by atoms with Crippen LogP contribution in [0, 0.1) is 0 Å². The third kappa shape index (κ3) is 2.90. The average Bonchev–Trinajstić information content (AvgIpc) is 2.38. The van der Waals surface area contributed by atoms with Gasteiger partial charge in [0.25, 0.3) is 0 Å². The number of thioether (sulfide) groups is 1. The number of alkyl halides is 3. The number of halogens is 3. The van der Waals surface area contributed by atoms with Crippen LogP contribution in [-0.2, 0) is 0 Å². The molecule has 1 aliphatic rings. The Morgan fingerprint density at radius 3 is 2.58 bits per heavy atom. The van der Waals surface area contributed by atoms with Crippen LogP contribution in [0.4, 0.5) is 13.2 Å². The van der Waals surface area contributed by atoms with Crippen molar-refractivity contribution in [1.29, 1.82) is 0 Å². The molecule has 1 heterocycles. The van der Waals surface area contributed by atoms with Crippen LogP contribution in [0.2, 0.25) is 0 Å². The minimum Gasteiger partial charge on any atom is -0.393 e. The van der Waals surface area contributed by atoms with E-state index in [9.17, 15) is 18.3 Å². The lowest BCUT2D eigenvalue weighted by Gasteiger charge is -2.34. The van der Waals surface area contributed by atoms with Crippen LogP contribution < -0.4 is 0 Å². The molecule has 0 fully saturated rings. The van der Waals surface area contributed by atoms with Gasteiger partial charge >= 0.3 is 6.18 Å². The Hall–Kier alpha value is -0.720. The Balaban J connectivity index is 2.25. The summed E-state index contributed by atoms with van der Waals surface area (Å²) in [6.07, 6.45) is -4.74. The molecule has 0 radical (unpaired) electrons. The molecule has 0 amide bonds. The van der Waals surface area contributed by atoms with Crippen molar-refractivity contribution in [3.05, 3.63) is 29.8 Å². The molecule has 0 spiro atoms. The van der Waals surface area contributed by atoms with Crippen molar-refractivity contribution < 1.29 is 23.4 Å². The van der Waals surface area contributed by atoms with Gasteiger partial charge in [0.1, 0.15) is 0 Å². The van der Waals surface area contributed by atoms with E-state index in [0.717, 1.165) is 16.2 Å². The van der Waals surface area contributed by atoms with E-state index < -0.39 is 24.8 Å². The number of benzene rings is 1. The van der Waals surface area contributed by atoms with Crippen molar-refractivity contribution in [2.75, 3.05) is 12.4 Å². The van der Waals surface area contributed by atoms with Crippen LogP contribution in [0.1, 0.15) is 24.3 Å². The van der Waals surface area contributed by atoms with E-state index in [4.69, 9.17) is 5.11 Å². The van der Waals surface area contributed by atoms with Gasteiger partial charge in [0, 0.05) is 4.90 Å². The number of hydrogen-bond acceptors (Lipinski definition) is 3. The summed E-state index contributed by atoms with van der Waals surface area (Å²) in [5.74, 6) is 0.345. The lowest BCUT2D eigenvalue weighted by Crippen LogP contribution is -2.49. The summed E-state index contributed by atoms with van der Waals surface area (Å²) in [5, 5.41) is 18.6. The summed E-state index contributed by atoms with van der Waals surface area (Å²) >= 11 is 1.61. The highest BCUT2D eigenvalue weighted by Gasteiger charge is 2.54. The molecule has 0 aromatic heterocycles. The molecule has 1 aromatic rings. The smallest absolute Gasteiger partial charge is 0.393 e. The van der Waals surface area contributed by atoms with Crippen molar-refractivity contribution in [2.24, 2.45) is 0 Å². The predicted octanol–water partition coefficient (Wildman–Crippen LogP) is 2.94. The Bertz CT molecular complexity index is 450. The molecule has 0 saturated carbocycles. The first-order valence-electron chi connectivity index (χ1n) is 5.99. The van der Waals surface area contributed by atoms with Crippen molar-refractivity contribution in [2.45, 2.75) is 35.4 Å². The van der Waals surface area contributed by atoms with Gasteiger partial charge in [0.2, 0.25) is 0 Å². The fourth-order valence-electron chi connectivity index (χ4n) is 2.31. The summed E-state index contributed by atoms with van der Waals surface area (Å²) in [6.45, 7) is -1.30. The second-order valence-electron chi connectivity index (χ2n) is 4.76. The van der Waals surface area contributed by atoms with Crippen molar-refractivity contribution in [3.63, 3.8) is 0 Å². The average molecular weight is 292 g/mol. The maximum absolute atomic E-state index is 12.8. The quantitative estimate of drug-likeness (QED) is 0.900. The third-order valence-corrected chi connectivity index (χ3v) is 4.58. The van der Waals surface area contributed by atoms with Crippen LogP contribution in [0.25, 0.3) is 0 Å². The largest absolute Gasteiger partial charge is 0.419 e. The number of aliphatic hydroxyl groups excluding tert-OH is 1. The Labute approximate surface area is 113 Å². The molecule has 2 rings (SSSR count). The van der Waals surface area contributed by atoms with E-state index >= 15 is 0 Å². The summed E-state index contributed by atoms with van der Waals surface area (Å²) in [6, 6.07) is 7.29. The first-order chi connectivity index (χ1) is 8.87. The number of aliphatic hydroxyl groups is 2. The van der Waals surface area contributed by atoms with Gasteiger partial charge in [0.05, 0.1) is 6.61 Å². The maximum Gasteiger partial charge on any atom is 0.419 e. The molecular weight excluding hydrogens is 277 g/mol. The van der Waals surface area contributed by atoms with Gasteiger partial charge < -0.3 is 10.2 Å². The standard InChI is InChI=1S/C13H15F3O2S/c14-13(15,16)12(18,8-17)7-9-5-6-19-11-4-2-1-3-10(9)11/h1-4,9,17-18H,5-8H2. The molecule has 2 N–H and O–H groups in total. The van der Waals surface area contributed by atoms with Crippen LogP contribution in [0.15, 0.2) is 29.2 Å². The topological polar surface area (TPSA) is 40.5 Å². The minimum absolute atomic E-state index is 0.378. The third-order valence-electron chi connectivity index (χ3n) is 3.46. The van der Waals surface area contributed by atoms with Gasteiger partial charge in [-0.15, -0.1) is 11.8 Å². The molecule has 106 valence electrons. The van der Waals surface area contributed by atoms with E-state index in [1.54, 1.807) is 23.9 Å². The summed E-state index contributed by atoms with van der Waals surface area (Å²) in [4.78, 5) is 0.959. The highest BCUT2D eigenvalue weighted by atomic mass is 32.2. The van der Waals surface area contributed by atoms with Gasteiger partial charge in [-0.05, 0) is 36.1 Å². The van der Waals surface area contributed by atoms with E-state index in [2.05, 4.69) is 0 Å². The fourth-order valence-corrected chi connectivity index (χ4v) is 3.50. The molecule has 0 saturated heterocycles. The van der Waals surface area contributed by atoms with Gasteiger partial charge in [-0.3, -0.25) is 0 Å². The zero-order chi connectivity index (χ0) is 14.1. The molecule has 2 nitrogen and oxygen atoms in total. The van der Waals surface area contributed by atoms with Crippen molar-refractivity contribution >= 4 is 11.8 Å². The van der Waals surface area contributed by atoms with Gasteiger partial charge in [-0.1, -0.05) is 18.2 Å². The van der Waals surface area contributed by atoms with Gasteiger partial charge in [-0.25, -0.2) is 0 Å². The number of rotatable bonds is 3. The Kier molecular flexibility index (Phi) is 4.13. The lowest BCUT2D eigenvalue weighted by molar-refractivity contribution is -0.274. The van der Waals surface area contributed by atoms with Crippen LogP contribution >= 0.6 is 11.8 Å². The van der Waals surface area contributed by atoms with E-state index in [0.29, 0.717) is 6.42 Å². The first-order valence-corrected chi connectivity index (χ1v) is 6.97. The number of fused-ring (bicyclic) bond motifs is 1. The maximum atomic E-state index is 12.8. The monoisotopic (exact) mass is 292 g/mol. The molecule has 0 aliphatic carbocycles. The van der Waals surface area contributed by atoms with E-state index in [-0.39, 0.29) is 5.92 Å². The van der Waals surface area contributed by atoms with Crippen LogP contribution in [0.5, 0.6) is 0 Å². The highest BCUT2D eigenvalue weighted by molar-refractivity contribution is 7.99. The molecular formula is C13H15F3O2S. The van der Waals surface area contributed by atoms with Crippen LogP contribution in [0.3, 0.4) is 0 Å². The molecule has 2 unspecified atom stereocenters. The molecule has 2 atom stereocenters. The van der Waals surface area contributed by atoms with Crippen LogP contribution in [-0.4, -0.2) is 34.4 Å². The fraction of sp³-hybridized carbons (Fsp3) is 0.538. The summed E-state index contributed by atoms with van der Waals surface area (Å²) < 4.78 is 38.5. The highest BCUT2D eigenvalue weighted by Crippen LogP contribution is 2.44. The Morgan fingerprint density at radius 2 is 1.95 bits per heavy atom. The van der Waals surface area contributed by atoms with Crippen molar-refractivity contribution in [1.82, 2.24) is 0 Å². The summed E-state index contributed by atoms with van der Waals surface area (Å²) in [5.41, 5.74) is -2.19. The molecule has 1 aliphatic heterocycles. The molecule has 1 aromatic carbocycles. The molecule has 19 heavy (non-hydrogen) atoms. The SMILES string of the molecule is OCC(O)(CC1CCSc2ccccc21)C(F)(F)F. The lowest BCUT2D eigenvalue weighted by atomic mass is 9.84. The van der Waals surface area contributed by atoms with E-state index in [1.165, 1.54) is 0 Å². The molecule has 6 heteroatoms. The predicted molar refractivity (Wildman–Crippen MR) is 67.2 cm³/mol. The minimum atomic E-state index is -4.82. The molecule has 0 bridgehead atoms. The second kappa shape index (κ2) is 5.34. The zero-order valence-electron chi connectivity index (χ0n) is 10.2. The Morgan fingerprint density at radius 1 is 1.26 bits per heavy atom.